The van der Waals surface area contributed by atoms with Crippen molar-refractivity contribution < 1.29 is 14.3 Å². The molecule has 0 unspecified atom stereocenters. The van der Waals surface area contributed by atoms with Crippen molar-refractivity contribution in [3.63, 3.8) is 0 Å². The SMILES string of the molecule is O=C(Nc1ccc(Cl)cc1)c1cc(F)ccc1O. The maximum atomic E-state index is 13.0. The van der Waals surface area contributed by atoms with E-state index in [4.69, 9.17) is 11.6 Å². The first kappa shape index (κ1) is 12.4. The molecule has 0 heterocycles. The standard InChI is InChI=1S/C13H9ClFNO2/c14-8-1-4-10(5-2-8)16-13(18)11-7-9(15)3-6-12(11)17/h1-7,17H,(H,16,18). The molecule has 5 heteroatoms. The minimum absolute atomic E-state index is 0.120. The summed E-state index contributed by atoms with van der Waals surface area (Å²) in [6.07, 6.45) is 0. The summed E-state index contributed by atoms with van der Waals surface area (Å²) < 4.78 is 13.0. The molecule has 2 aromatic carbocycles. The lowest BCUT2D eigenvalue weighted by atomic mass is 10.1. The van der Waals surface area contributed by atoms with Crippen LogP contribution >= 0.6 is 11.6 Å². The fraction of sp³-hybridized carbons (Fsp3) is 0. The Labute approximate surface area is 108 Å². The number of carbonyl (C=O) groups is 1. The van der Waals surface area contributed by atoms with Gasteiger partial charge in [-0.1, -0.05) is 11.6 Å². The summed E-state index contributed by atoms with van der Waals surface area (Å²) in [6, 6.07) is 9.62. The van der Waals surface area contributed by atoms with E-state index in [1.54, 1.807) is 24.3 Å². The number of phenolic OH excluding ortho intramolecular Hbond substituents is 1. The van der Waals surface area contributed by atoms with Gasteiger partial charge in [0.2, 0.25) is 0 Å². The van der Waals surface area contributed by atoms with Crippen molar-refractivity contribution in [1.29, 1.82) is 0 Å². The second-order valence-corrected chi connectivity index (χ2v) is 4.06. The van der Waals surface area contributed by atoms with Gasteiger partial charge in [-0.05, 0) is 42.5 Å². The van der Waals surface area contributed by atoms with Crippen molar-refractivity contribution in [2.75, 3.05) is 5.32 Å². The molecule has 2 aromatic rings. The zero-order valence-corrected chi connectivity index (χ0v) is 9.91. The summed E-state index contributed by atoms with van der Waals surface area (Å²) in [5.74, 6) is -1.45. The molecule has 3 nitrogen and oxygen atoms in total. The Morgan fingerprint density at radius 1 is 1.17 bits per heavy atom. The van der Waals surface area contributed by atoms with Gasteiger partial charge in [0, 0.05) is 10.7 Å². The molecule has 0 aliphatic carbocycles. The summed E-state index contributed by atoms with van der Waals surface area (Å²) in [5.41, 5.74) is 0.387. The number of hydrogen-bond donors (Lipinski definition) is 2. The lowest BCUT2D eigenvalue weighted by molar-refractivity contribution is 0.102. The highest BCUT2D eigenvalue weighted by Crippen LogP contribution is 2.20. The predicted molar refractivity (Wildman–Crippen MR) is 67.5 cm³/mol. The molecule has 0 fully saturated rings. The number of rotatable bonds is 2. The molecule has 0 atom stereocenters. The monoisotopic (exact) mass is 265 g/mol. The Kier molecular flexibility index (Phi) is 3.48. The van der Waals surface area contributed by atoms with Crippen molar-refractivity contribution in [3.05, 3.63) is 58.9 Å². The minimum atomic E-state index is -0.589. The van der Waals surface area contributed by atoms with E-state index in [1.807, 2.05) is 0 Å². The number of halogens is 2. The van der Waals surface area contributed by atoms with E-state index in [-0.39, 0.29) is 11.3 Å². The van der Waals surface area contributed by atoms with Gasteiger partial charge in [-0.3, -0.25) is 4.79 Å². The van der Waals surface area contributed by atoms with Crippen molar-refractivity contribution in [2.24, 2.45) is 0 Å². The highest BCUT2D eigenvalue weighted by atomic mass is 35.5. The summed E-state index contributed by atoms with van der Waals surface area (Å²) in [4.78, 5) is 11.8. The number of anilines is 1. The van der Waals surface area contributed by atoms with Crippen LogP contribution in [0.15, 0.2) is 42.5 Å². The van der Waals surface area contributed by atoms with E-state index < -0.39 is 11.7 Å². The van der Waals surface area contributed by atoms with Gasteiger partial charge in [0.25, 0.3) is 5.91 Å². The van der Waals surface area contributed by atoms with Gasteiger partial charge in [-0.15, -0.1) is 0 Å². The summed E-state index contributed by atoms with van der Waals surface area (Å²) in [6.45, 7) is 0. The number of benzene rings is 2. The number of nitrogens with one attached hydrogen (secondary N) is 1. The Bertz CT molecular complexity index is 584. The van der Waals surface area contributed by atoms with Crippen LogP contribution in [0.5, 0.6) is 5.75 Å². The molecule has 0 aliphatic heterocycles. The van der Waals surface area contributed by atoms with E-state index in [0.717, 1.165) is 18.2 Å². The molecular formula is C13H9ClFNO2. The lowest BCUT2D eigenvalue weighted by Crippen LogP contribution is -2.12. The topological polar surface area (TPSA) is 49.3 Å². The molecule has 0 aromatic heterocycles. The number of phenols is 1. The van der Waals surface area contributed by atoms with Gasteiger partial charge in [0.05, 0.1) is 5.56 Å². The molecule has 0 radical (unpaired) electrons. The van der Waals surface area contributed by atoms with Crippen LogP contribution in [0.1, 0.15) is 10.4 Å². The van der Waals surface area contributed by atoms with Crippen LogP contribution in [-0.2, 0) is 0 Å². The first-order valence-electron chi connectivity index (χ1n) is 5.12. The summed E-state index contributed by atoms with van der Waals surface area (Å²) in [7, 11) is 0. The van der Waals surface area contributed by atoms with Crippen LogP contribution in [0.25, 0.3) is 0 Å². The van der Waals surface area contributed by atoms with Crippen LogP contribution < -0.4 is 5.32 Å². The van der Waals surface area contributed by atoms with Crippen molar-refractivity contribution in [2.45, 2.75) is 0 Å². The van der Waals surface area contributed by atoms with Crippen LogP contribution in [0.3, 0.4) is 0 Å². The number of aromatic hydroxyl groups is 1. The van der Waals surface area contributed by atoms with Gasteiger partial charge in [0.15, 0.2) is 0 Å². The zero-order chi connectivity index (χ0) is 13.1. The van der Waals surface area contributed by atoms with E-state index in [1.165, 1.54) is 0 Å². The van der Waals surface area contributed by atoms with Crippen molar-refractivity contribution >= 4 is 23.2 Å². The third-order valence-electron chi connectivity index (χ3n) is 2.31. The summed E-state index contributed by atoms with van der Waals surface area (Å²) >= 11 is 5.71. The van der Waals surface area contributed by atoms with Crippen molar-refractivity contribution in [1.82, 2.24) is 0 Å². The minimum Gasteiger partial charge on any atom is -0.507 e. The average Bonchev–Trinajstić information content (AvgIpc) is 2.35. The van der Waals surface area contributed by atoms with Crippen LogP contribution in [-0.4, -0.2) is 11.0 Å². The zero-order valence-electron chi connectivity index (χ0n) is 9.15. The quantitative estimate of drug-likeness (QED) is 0.874. The highest BCUT2D eigenvalue weighted by molar-refractivity contribution is 6.30. The van der Waals surface area contributed by atoms with E-state index in [9.17, 15) is 14.3 Å². The number of amides is 1. The van der Waals surface area contributed by atoms with E-state index in [0.29, 0.717) is 10.7 Å². The smallest absolute Gasteiger partial charge is 0.259 e. The molecule has 0 spiro atoms. The highest BCUT2D eigenvalue weighted by Gasteiger charge is 2.12. The third kappa shape index (κ3) is 2.78. The molecule has 18 heavy (non-hydrogen) atoms. The van der Waals surface area contributed by atoms with Gasteiger partial charge < -0.3 is 10.4 Å². The number of carbonyl (C=O) groups excluding carboxylic acids is 1. The third-order valence-corrected chi connectivity index (χ3v) is 2.56. The maximum Gasteiger partial charge on any atom is 0.259 e. The Hall–Kier alpha value is -2.07. The maximum absolute atomic E-state index is 13.0. The second-order valence-electron chi connectivity index (χ2n) is 3.62. The Balaban J connectivity index is 2.21. The van der Waals surface area contributed by atoms with Crippen LogP contribution in [0.4, 0.5) is 10.1 Å². The Morgan fingerprint density at radius 3 is 2.50 bits per heavy atom. The van der Waals surface area contributed by atoms with E-state index >= 15 is 0 Å². The number of hydrogen-bond acceptors (Lipinski definition) is 2. The summed E-state index contributed by atoms with van der Waals surface area (Å²) in [5, 5.41) is 12.6. The molecule has 2 rings (SSSR count). The van der Waals surface area contributed by atoms with Crippen molar-refractivity contribution in [3.8, 4) is 5.75 Å². The fourth-order valence-electron chi connectivity index (χ4n) is 1.42. The molecule has 0 saturated heterocycles. The van der Waals surface area contributed by atoms with Crippen LogP contribution in [0, 0.1) is 5.82 Å². The molecule has 0 aliphatic rings. The average molecular weight is 266 g/mol. The first-order valence-corrected chi connectivity index (χ1v) is 5.49. The first-order chi connectivity index (χ1) is 8.56. The Morgan fingerprint density at radius 2 is 1.83 bits per heavy atom. The largest absolute Gasteiger partial charge is 0.507 e. The van der Waals surface area contributed by atoms with Crippen LogP contribution in [0.2, 0.25) is 5.02 Å². The van der Waals surface area contributed by atoms with Gasteiger partial charge in [0.1, 0.15) is 11.6 Å². The van der Waals surface area contributed by atoms with Gasteiger partial charge >= 0.3 is 0 Å². The normalized spacial score (nSPS) is 10.1. The molecular weight excluding hydrogens is 257 g/mol. The molecule has 2 N–H and O–H groups in total. The molecule has 92 valence electrons. The fourth-order valence-corrected chi connectivity index (χ4v) is 1.55. The van der Waals surface area contributed by atoms with E-state index in [2.05, 4.69) is 5.32 Å². The lowest BCUT2D eigenvalue weighted by Gasteiger charge is -2.07. The van der Waals surface area contributed by atoms with Gasteiger partial charge in [-0.2, -0.15) is 0 Å². The second kappa shape index (κ2) is 5.06. The molecule has 0 bridgehead atoms. The van der Waals surface area contributed by atoms with Gasteiger partial charge in [-0.25, -0.2) is 4.39 Å². The predicted octanol–water partition coefficient (Wildman–Crippen LogP) is 3.44. The molecule has 0 saturated carbocycles. The molecule has 1 amide bonds.